The average molecular weight is 373 g/mol. The van der Waals surface area contributed by atoms with Crippen LogP contribution in [0.4, 0.5) is 5.69 Å². The number of hydrogen-bond donors (Lipinski definition) is 2. The second kappa shape index (κ2) is 9.05. The molecule has 0 aromatic heterocycles. The van der Waals surface area contributed by atoms with E-state index in [-0.39, 0.29) is 0 Å². The SMILES string of the molecule is COc1cc(OC)c(OC)cc1/C=N\NC(=S)Nc1cccc(C)c1C. The maximum absolute atomic E-state index is 5.37. The second-order valence-electron chi connectivity index (χ2n) is 5.52. The molecule has 0 heterocycles. The van der Waals surface area contributed by atoms with Crippen molar-refractivity contribution in [1.82, 2.24) is 5.43 Å². The third-order valence-electron chi connectivity index (χ3n) is 3.96. The molecule has 6 nitrogen and oxygen atoms in total. The first-order valence-electron chi connectivity index (χ1n) is 7.96. The quantitative estimate of drug-likeness (QED) is 0.458. The van der Waals surface area contributed by atoms with E-state index < -0.39 is 0 Å². The predicted molar refractivity (Wildman–Crippen MR) is 109 cm³/mol. The van der Waals surface area contributed by atoms with Crippen LogP contribution in [-0.4, -0.2) is 32.7 Å². The number of thiocarbonyl (C=S) groups is 1. The Morgan fingerprint density at radius 3 is 2.31 bits per heavy atom. The maximum atomic E-state index is 5.37. The number of benzene rings is 2. The van der Waals surface area contributed by atoms with Crippen LogP contribution in [0.3, 0.4) is 0 Å². The van der Waals surface area contributed by atoms with E-state index in [4.69, 9.17) is 26.4 Å². The highest BCUT2D eigenvalue weighted by Crippen LogP contribution is 2.33. The molecule has 0 spiro atoms. The van der Waals surface area contributed by atoms with Crippen molar-refractivity contribution in [2.24, 2.45) is 5.10 Å². The van der Waals surface area contributed by atoms with E-state index in [1.807, 2.05) is 19.1 Å². The lowest BCUT2D eigenvalue weighted by atomic mass is 10.1. The van der Waals surface area contributed by atoms with E-state index in [1.165, 1.54) is 5.56 Å². The first-order valence-corrected chi connectivity index (χ1v) is 8.37. The van der Waals surface area contributed by atoms with E-state index in [0.717, 1.165) is 16.8 Å². The highest BCUT2D eigenvalue weighted by atomic mass is 32.1. The van der Waals surface area contributed by atoms with Crippen LogP contribution >= 0.6 is 12.2 Å². The van der Waals surface area contributed by atoms with E-state index >= 15 is 0 Å². The normalized spacial score (nSPS) is 10.5. The van der Waals surface area contributed by atoms with Gasteiger partial charge in [0.25, 0.3) is 0 Å². The minimum atomic E-state index is 0.398. The highest BCUT2D eigenvalue weighted by molar-refractivity contribution is 7.80. The molecule has 2 aromatic rings. The van der Waals surface area contributed by atoms with Crippen LogP contribution in [0.5, 0.6) is 17.2 Å². The summed E-state index contributed by atoms with van der Waals surface area (Å²) in [6, 6.07) is 9.53. The molecule has 0 aliphatic rings. The lowest BCUT2D eigenvalue weighted by molar-refractivity contribution is 0.349. The zero-order valence-corrected chi connectivity index (χ0v) is 16.4. The van der Waals surface area contributed by atoms with Crippen molar-refractivity contribution in [1.29, 1.82) is 0 Å². The van der Waals surface area contributed by atoms with Crippen molar-refractivity contribution in [2.75, 3.05) is 26.6 Å². The molecule has 2 aromatic carbocycles. The van der Waals surface area contributed by atoms with Crippen LogP contribution < -0.4 is 25.0 Å². The molecule has 0 saturated carbocycles. The Morgan fingerprint density at radius 1 is 1.00 bits per heavy atom. The number of nitrogens with one attached hydrogen (secondary N) is 2. The number of nitrogens with zero attached hydrogens (tertiary/aromatic N) is 1. The molecule has 2 N–H and O–H groups in total. The van der Waals surface area contributed by atoms with E-state index in [1.54, 1.807) is 39.7 Å². The summed E-state index contributed by atoms with van der Waals surface area (Å²) < 4.78 is 15.9. The van der Waals surface area contributed by atoms with Gasteiger partial charge in [-0.15, -0.1) is 0 Å². The Hall–Kier alpha value is -2.80. The maximum Gasteiger partial charge on any atom is 0.191 e. The summed E-state index contributed by atoms with van der Waals surface area (Å²) in [7, 11) is 4.73. The largest absolute Gasteiger partial charge is 0.496 e. The molecule has 0 unspecified atom stereocenters. The van der Waals surface area contributed by atoms with Gasteiger partial charge >= 0.3 is 0 Å². The molecule has 26 heavy (non-hydrogen) atoms. The van der Waals surface area contributed by atoms with Crippen LogP contribution in [0.25, 0.3) is 0 Å². The molecule has 0 bridgehead atoms. The first kappa shape index (κ1) is 19.5. The van der Waals surface area contributed by atoms with Crippen LogP contribution in [0, 0.1) is 13.8 Å². The number of hydrogen-bond acceptors (Lipinski definition) is 5. The number of ether oxygens (including phenoxy) is 3. The molecule has 2 rings (SSSR count). The minimum absolute atomic E-state index is 0.398. The van der Waals surface area contributed by atoms with Crippen molar-refractivity contribution < 1.29 is 14.2 Å². The fourth-order valence-corrected chi connectivity index (χ4v) is 2.51. The Bertz CT molecular complexity index is 822. The summed E-state index contributed by atoms with van der Waals surface area (Å²) in [5.41, 5.74) is 6.81. The average Bonchev–Trinajstić information content (AvgIpc) is 2.64. The van der Waals surface area contributed by atoms with Gasteiger partial charge in [-0.05, 0) is 49.3 Å². The standard InChI is InChI=1S/C19H23N3O3S/c1-12-7-6-8-15(13(12)2)21-19(26)22-20-11-14-9-17(24-4)18(25-5)10-16(14)23-3/h6-11H,1-5H3,(H2,21,22,26)/b20-11-. The number of anilines is 1. The van der Waals surface area contributed by atoms with E-state index in [2.05, 4.69) is 28.8 Å². The predicted octanol–water partition coefficient (Wildman–Crippen LogP) is 3.65. The van der Waals surface area contributed by atoms with Crippen molar-refractivity contribution in [3.8, 4) is 17.2 Å². The van der Waals surface area contributed by atoms with Gasteiger partial charge in [-0.25, -0.2) is 0 Å². The number of aryl methyl sites for hydroxylation is 1. The lowest BCUT2D eigenvalue weighted by Gasteiger charge is -2.12. The Kier molecular flexibility index (Phi) is 6.80. The van der Waals surface area contributed by atoms with Crippen molar-refractivity contribution in [2.45, 2.75) is 13.8 Å². The van der Waals surface area contributed by atoms with Crippen molar-refractivity contribution in [3.05, 3.63) is 47.0 Å². The molecule has 0 fully saturated rings. The fourth-order valence-electron chi connectivity index (χ4n) is 2.35. The van der Waals surface area contributed by atoms with Gasteiger partial charge in [-0.2, -0.15) is 5.10 Å². The van der Waals surface area contributed by atoms with Gasteiger partial charge in [0.05, 0.1) is 27.5 Å². The molecule has 0 atom stereocenters. The summed E-state index contributed by atoms with van der Waals surface area (Å²) in [5, 5.41) is 7.71. The van der Waals surface area contributed by atoms with Crippen LogP contribution in [0.2, 0.25) is 0 Å². The highest BCUT2D eigenvalue weighted by Gasteiger charge is 2.10. The summed E-state index contributed by atoms with van der Waals surface area (Å²) in [6.45, 7) is 4.09. The van der Waals surface area contributed by atoms with Crippen LogP contribution in [0.1, 0.15) is 16.7 Å². The van der Waals surface area contributed by atoms with Gasteiger partial charge in [-0.1, -0.05) is 12.1 Å². The van der Waals surface area contributed by atoms with Gasteiger partial charge in [0.15, 0.2) is 16.6 Å². The van der Waals surface area contributed by atoms with Crippen LogP contribution in [-0.2, 0) is 0 Å². The Labute approximate surface area is 159 Å². The fraction of sp³-hybridized carbons (Fsp3) is 0.263. The molecule has 0 aliphatic carbocycles. The number of hydrazone groups is 1. The van der Waals surface area contributed by atoms with Crippen LogP contribution in [0.15, 0.2) is 35.4 Å². The molecule has 0 aliphatic heterocycles. The Balaban J connectivity index is 2.10. The minimum Gasteiger partial charge on any atom is -0.496 e. The smallest absolute Gasteiger partial charge is 0.191 e. The summed E-state index contributed by atoms with van der Waals surface area (Å²) in [6.07, 6.45) is 1.61. The summed E-state index contributed by atoms with van der Waals surface area (Å²) >= 11 is 5.29. The second-order valence-corrected chi connectivity index (χ2v) is 5.93. The molecular formula is C19H23N3O3S. The lowest BCUT2D eigenvalue weighted by Crippen LogP contribution is -2.24. The number of rotatable bonds is 6. The molecule has 138 valence electrons. The van der Waals surface area contributed by atoms with Crippen molar-refractivity contribution >= 4 is 29.2 Å². The Morgan fingerprint density at radius 2 is 1.65 bits per heavy atom. The third kappa shape index (κ3) is 4.64. The zero-order chi connectivity index (χ0) is 19.1. The number of methoxy groups -OCH3 is 3. The molecule has 0 saturated heterocycles. The van der Waals surface area contributed by atoms with Gasteiger partial charge in [-0.3, -0.25) is 5.43 Å². The van der Waals surface area contributed by atoms with Gasteiger partial charge in [0.2, 0.25) is 0 Å². The van der Waals surface area contributed by atoms with Gasteiger partial charge in [0, 0.05) is 17.3 Å². The van der Waals surface area contributed by atoms with Gasteiger partial charge < -0.3 is 19.5 Å². The summed E-state index contributed by atoms with van der Waals surface area (Å²) in [4.78, 5) is 0. The molecule has 0 radical (unpaired) electrons. The first-order chi connectivity index (χ1) is 12.5. The van der Waals surface area contributed by atoms with E-state index in [9.17, 15) is 0 Å². The monoisotopic (exact) mass is 373 g/mol. The van der Waals surface area contributed by atoms with Gasteiger partial charge in [0.1, 0.15) is 5.75 Å². The summed E-state index contributed by atoms with van der Waals surface area (Å²) in [5.74, 6) is 1.79. The molecule has 7 heteroatoms. The third-order valence-corrected chi connectivity index (χ3v) is 4.15. The zero-order valence-electron chi connectivity index (χ0n) is 15.5. The molecule has 0 amide bonds. The van der Waals surface area contributed by atoms with E-state index in [0.29, 0.717) is 22.4 Å². The topological polar surface area (TPSA) is 64.1 Å². The molecular weight excluding hydrogens is 350 g/mol. The van der Waals surface area contributed by atoms with Crippen molar-refractivity contribution in [3.63, 3.8) is 0 Å².